The van der Waals surface area contributed by atoms with Gasteiger partial charge in [-0.05, 0) is 37.0 Å². The monoisotopic (exact) mass is 378 g/mol. The van der Waals surface area contributed by atoms with Gasteiger partial charge >= 0.3 is 0 Å². The van der Waals surface area contributed by atoms with Crippen molar-refractivity contribution in [2.75, 3.05) is 5.32 Å². The Balaban J connectivity index is 1.68. The number of fused-ring (bicyclic) bond motifs is 1. The van der Waals surface area contributed by atoms with Crippen LogP contribution in [0.2, 0.25) is 5.02 Å². The Morgan fingerprint density at radius 2 is 2.16 bits per heavy atom. The Morgan fingerprint density at radius 1 is 1.40 bits per heavy atom. The van der Waals surface area contributed by atoms with Gasteiger partial charge in [-0.2, -0.15) is 0 Å². The molecule has 1 N–H and O–H groups in total. The van der Waals surface area contributed by atoms with Crippen molar-refractivity contribution in [2.24, 2.45) is 5.41 Å². The van der Waals surface area contributed by atoms with Gasteiger partial charge in [-0.15, -0.1) is 0 Å². The molecule has 1 amide bonds. The zero-order valence-corrected chi connectivity index (χ0v) is 15.8. The fraction of sp³-hybridized carbons (Fsp3) is 0.389. The first-order valence-corrected chi connectivity index (χ1v) is 9.19. The lowest BCUT2D eigenvalue weighted by Gasteiger charge is -2.26. The molecular formula is C18H19ClN2O3S. The van der Waals surface area contributed by atoms with Crippen LogP contribution in [0.25, 0.3) is 0 Å². The van der Waals surface area contributed by atoms with Crippen LogP contribution in [-0.4, -0.2) is 22.8 Å². The molecule has 3 rings (SSSR count). The fourth-order valence-corrected chi connectivity index (χ4v) is 3.88. The number of carbonyl (C=O) groups is 2. The summed E-state index contributed by atoms with van der Waals surface area (Å²) in [5.74, 6) is 0.288. The summed E-state index contributed by atoms with van der Waals surface area (Å²) in [6, 6.07) is 6.87. The van der Waals surface area contributed by atoms with E-state index in [0.29, 0.717) is 27.2 Å². The van der Waals surface area contributed by atoms with Crippen molar-refractivity contribution in [3.8, 4) is 5.75 Å². The van der Waals surface area contributed by atoms with E-state index >= 15 is 0 Å². The van der Waals surface area contributed by atoms with Crippen molar-refractivity contribution in [1.82, 2.24) is 4.98 Å². The number of ether oxygens (including phenoxy) is 1. The summed E-state index contributed by atoms with van der Waals surface area (Å²) in [6.07, 6.45) is 0.519. The molecule has 2 aromatic rings. The van der Waals surface area contributed by atoms with Crippen LogP contribution in [-0.2, 0) is 11.2 Å². The van der Waals surface area contributed by atoms with E-state index in [2.05, 4.69) is 10.3 Å². The highest BCUT2D eigenvalue weighted by molar-refractivity contribution is 7.17. The number of halogens is 1. The Morgan fingerprint density at radius 3 is 2.88 bits per heavy atom. The summed E-state index contributed by atoms with van der Waals surface area (Å²) < 4.78 is 5.60. The molecule has 25 heavy (non-hydrogen) atoms. The number of hydrogen-bond acceptors (Lipinski definition) is 5. The molecule has 1 aromatic carbocycles. The molecule has 0 saturated carbocycles. The van der Waals surface area contributed by atoms with Crippen molar-refractivity contribution >= 4 is 39.8 Å². The molecule has 0 spiro atoms. The maximum Gasteiger partial charge on any atom is 0.266 e. The van der Waals surface area contributed by atoms with Gasteiger partial charge in [0, 0.05) is 11.4 Å². The minimum absolute atomic E-state index is 0.0903. The summed E-state index contributed by atoms with van der Waals surface area (Å²) in [5, 5.41) is 3.71. The highest BCUT2D eigenvalue weighted by Crippen LogP contribution is 2.38. The van der Waals surface area contributed by atoms with Gasteiger partial charge in [0.1, 0.15) is 5.75 Å². The molecule has 0 aliphatic heterocycles. The number of Topliss-reactive ketones (excluding diaryl/α,β-unsaturated/α-hetero) is 1. The fourth-order valence-electron chi connectivity index (χ4n) is 2.78. The second-order valence-electron chi connectivity index (χ2n) is 6.94. The van der Waals surface area contributed by atoms with Crippen LogP contribution < -0.4 is 10.1 Å². The number of nitrogens with one attached hydrogen (secondary N) is 1. The van der Waals surface area contributed by atoms with Crippen molar-refractivity contribution < 1.29 is 14.3 Å². The smallest absolute Gasteiger partial charge is 0.266 e. The lowest BCUT2D eigenvalue weighted by atomic mass is 9.78. The van der Waals surface area contributed by atoms with Crippen molar-refractivity contribution in [2.45, 2.75) is 39.7 Å². The van der Waals surface area contributed by atoms with Crippen molar-refractivity contribution in [3.05, 3.63) is 39.9 Å². The van der Waals surface area contributed by atoms with Gasteiger partial charge in [-0.3, -0.25) is 14.9 Å². The SMILES string of the molecule is CC(Oc1cccc(Cl)c1)C(=O)Nc1nc2c(s1)C(=O)CC(C)(C)C2. The third kappa shape index (κ3) is 4.19. The van der Waals surface area contributed by atoms with Crippen LogP contribution in [0.4, 0.5) is 5.13 Å². The standard InChI is InChI=1S/C18H19ClN2O3S/c1-10(24-12-6-4-5-11(19)7-12)16(23)21-17-20-13-8-18(2,3)9-14(22)15(13)25-17/h4-7,10H,8-9H2,1-3H3,(H,20,21,23). The highest BCUT2D eigenvalue weighted by Gasteiger charge is 2.34. The Kier molecular flexibility index (Phi) is 4.84. The van der Waals surface area contributed by atoms with E-state index in [1.165, 1.54) is 11.3 Å². The van der Waals surface area contributed by atoms with Crippen LogP contribution in [0.1, 0.15) is 42.6 Å². The molecule has 0 radical (unpaired) electrons. The number of benzene rings is 1. The average molecular weight is 379 g/mol. The van der Waals surface area contributed by atoms with Gasteiger partial charge in [0.15, 0.2) is 17.0 Å². The topological polar surface area (TPSA) is 68.3 Å². The Labute approximate surface area is 155 Å². The number of nitrogens with zero attached hydrogens (tertiary/aromatic N) is 1. The third-order valence-electron chi connectivity index (χ3n) is 3.94. The Bertz CT molecular complexity index is 831. The van der Waals surface area contributed by atoms with Crippen molar-refractivity contribution in [1.29, 1.82) is 0 Å². The second kappa shape index (κ2) is 6.77. The van der Waals surface area contributed by atoms with Gasteiger partial charge in [-0.25, -0.2) is 4.98 Å². The number of aromatic nitrogens is 1. The van der Waals surface area contributed by atoms with Gasteiger partial charge in [0.25, 0.3) is 5.91 Å². The first-order valence-electron chi connectivity index (χ1n) is 7.99. The van der Waals surface area contributed by atoms with Crippen molar-refractivity contribution in [3.63, 3.8) is 0 Å². The number of carbonyl (C=O) groups excluding carboxylic acids is 2. The van der Waals surface area contributed by atoms with E-state index in [1.54, 1.807) is 31.2 Å². The van der Waals surface area contributed by atoms with E-state index < -0.39 is 6.10 Å². The molecular weight excluding hydrogens is 360 g/mol. The van der Waals surface area contributed by atoms with Gasteiger partial charge in [-0.1, -0.05) is 42.9 Å². The van der Waals surface area contributed by atoms with E-state index in [-0.39, 0.29) is 17.1 Å². The Hall–Kier alpha value is -1.92. The largest absolute Gasteiger partial charge is 0.481 e. The molecule has 1 unspecified atom stereocenters. The summed E-state index contributed by atoms with van der Waals surface area (Å²) in [4.78, 5) is 29.6. The summed E-state index contributed by atoms with van der Waals surface area (Å²) in [7, 11) is 0. The van der Waals surface area contributed by atoms with Gasteiger partial charge < -0.3 is 4.74 Å². The first-order chi connectivity index (χ1) is 11.7. The molecule has 1 heterocycles. The van der Waals surface area contributed by atoms with E-state index in [0.717, 1.165) is 12.1 Å². The van der Waals surface area contributed by atoms with E-state index in [4.69, 9.17) is 16.3 Å². The lowest BCUT2D eigenvalue weighted by molar-refractivity contribution is -0.122. The zero-order valence-electron chi connectivity index (χ0n) is 14.3. The number of amides is 1. The molecule has 7 heteroatoms. The molecule has 0 fully saturated rings. The highest BCUT2D eigenvalue weighted by atomic mass is 35.5. The van der Waals surface area contributed by atoms with Crippen LogP contribution in [0, 0.1) is 5.41 Å². The molecule has 1 aromatic heterocycles. The predicted molar refractivity (Wildman–Crippen MR) is 98.7 cm³/mol. The number of thiazole rings is 1. The van der Waals surface area contributed by atoms with E-state index in [9.17, 15) is 9.59 Å². The molecule has 0 saturated heterocycles. The molecule has 5 nitrogen and oxygen atoms in total. The summed E-state index contributed by atoms with van der Waals surface area (Å²) >= 11 is 7.14. The maximum absolute atomic E-state index is 12.3. The average Bonchev–Trinajstić information content (AvgIpc) is 2.88. The minimum Gasteiger partial charge on any atom is -0.481 e. The van der Waals surface area contributed by atoms with Gasteiger partial charge in [0.05, 0.1) is 10.6 Å². The molecule has 132 valence electrons. The van der Waals surface area contributed by atoms with E-state index in [1.807, 2.05) is 13.8 Å². The van der Waals surface area contributed by atoms with Crippen LogP contribution in [0.15, 0.2) is 24.3 Å². The first kappa shape index (κ1) is 17.9. The quantitative estimate of drug-likeness (QED) is 0.858. The zero-order chi connectivity index (χ0) is 18.2. The lowest BCUT2D eigenvalue weighted by Crippen LogP contribution is -2.30. The molecule has 0 bridgehead atoms. The third-order valence-corrected chi connectivity index (χ3v) is 5.23. The van der Waals surface area contributed by atoms with Crippen LogP contribution in [0.5, 0.6) is 5.75 Å². The maximum atomic E-state index is 12.3. The number of hydrogen-bond donors (Lipinski definition) is 1. The van der Waals surface area contributed by atoms with Crippen LogP contribution >= 0.6 is 22.9 Å². The second-order valence-corrected chi connectivity index (χ2v) is 8.38. The van der Waals surface area contributed by atoms with Gasteiger partial charge in [0.2, 0.25) is 0 Å². The molecule has 1 atom stereocenters. The normalized spacial score (nSPS) is 16.9. The summed E-state index contributed by atoms with van der Waals surface area (Å²) in [6.45, 7) is 5.75. The number of anilines is 1. The molecule has 1 aliphatic carbocycles. The predicted octanol–water partition coefficient (Wildman–Crippen LogP) is 4.36. The molecule has 1 aliphatic rings. The number of ketones is 1. The minimum atomic E-state index is -0.716. The number of rotatable bonds is 4. The summed E-state index contributed by atoms with van der Waals surface area (Å²) in [5.41, 5.74) is 0.674. The van der Waals surface area contributed by atoms with Crippen LogP contribution in [0.3, 0.4) is 0 Å².